The highest BCUT2D eigenvalue weighted by Crippen LogP contribution is 2.64. The Labute approximate surface area is 189 Å². The first-order valence-corrected chi connectivity index (χ1v) is 10.9. The van der Waals surface area contributed by atoms with Crippen molar-refractivity contribution >= 4 is 23.6 Å². The first-order chi connectivity index (χ1) is 15.3. The van der Waals surface area contributed by atoms with Gasteiger partial charge in [-0.1, -0.05) is 13.8 Å². The van der Waals surface area contributed by atoms with E-state index in [0.717, 1.165) is 13.3 Å². The predicted octanol–water partition coefficient (Wildman–Crippen LogP) is 0.461. The molecule has 0 aromatic carbocycles. The molecule has 3 fully saturated rings. The van der Waals surface area contributed by atoms with E-state index in [1.165, 1.54) is 4.90 Å². The number of carbonyl (C=O) groups excluding carboxylic acids is 4. The molecule has 3 aliphatic rings. The lowest BCUT2D eigenvalue weighted by atomic mass is 9.91. The van der Waals surface area contributed by atoms with Crippen molar-refractivity contribution in [2.45, 2.75) is 64.3 Å². The summed E-state index contributed by atoms with van der Waals surface area (Å²) in [5, 5.41) is 16.5. The van der Waals surface area contributed by atoms with E-state index < -0.39 is 47.9 Å². The Morgan fingerprint density at radius 1 is 1.30 bits per heavy atom. The normalized spacial score (nSPS) is 29.7. The zero-order valence-corrected chi connectivity index (χ0v) is 18.7. The molecule has 2 aliphatic heterocycles. The van der Waals surface area contributed by atoms with E-state index >= 15 is 0 Å². The molecule has 2 heterocycles. The summed E-state index contributed by atoms with van der Waals surface area (Å²) in [6.07, 6.45) is -3.63. The summed E-state index contributed by atoms with van der Waals surface area (Å²) in [5.41, 5.74) is -0.247. The number of nitrogens with zero attached hydrogens (tertiary/aromatic N) is 2. The molecule has 9 nitrogen and oxygen atoms in total. The summed E-state index contributed by atoms with van der Waals surface area (Å²) in [4.78, 5) is 50.4. The Morgan fingerprint density at radius 2 is 1.97 bits per heavy atom. The van der Waals surface area contributed by atoms with Gasteiger partial charge < -0.3 is 20.9 Å². The Balaban J connectivity index is 1.70. The lowest BCUT2D eigenvalue weighted by molar-refractivity contribution is -0.175. The van der Waals surface area contributed by atoms with Crippen LogP contribution in [0.15, 0.2) is 0 Å². The number of fused-ring (bicyclic) bond motifs is 1. The van der Waals surface area contributed by atoms with Crippen molar-refractivity contribution in [3.8, 4) is 6.07 Å². The fourth-order valence-electron chi connectivity index (χ4n) is 5.15. The van der Waals surface area contributed by atoms with Crippen LogP contribution in [0.5, 0.6) is 0 Å². The number of hydrogen-bond acceptors (Lipinski definition) is 5. The topological polar surface area (TPSA) is 131 Å². The van der Waals surface area contributed by atoms with Gasteiger partial charge in [0.05, 0.1) is 6.07 Å². The zero-order valence-electron chi connectivity index (χ0n) is 18.7. The second-order valence-electron chi connectivity index (χ2n) is 9.64. The predicted molar refractivity (Wildman–Crippen MR) is 108 cm³/mol. The van der Waals surface area contributed by atoms with Gasteiger partial charge in [-0.25, -0.2) is 0 Å². The lowest BCUT2D eigenvalue weighted by Crippen LogP contribution is -2.57. The summed E-state index contributed by atoms with van der Waals surface area (Å²) in [7, 11) is 0. The van der Waals surface area contributed by atoms with Gasteiger partial charge in [0.2, 0.25) is 17.7 Å². The van der Waals surface area contributed by atoms with E-state index in [9.17, 15) is 37.6 Å². The molecule has 0 aromatic heterocycles. The van der Waals surface area contributed by atoms with Gasteiger partial charge in [0.1, 0.15) is 18.1 Å². The van der Waals surface area contributed by atoms with Crippen LogP contribution in [-0.4, -0.2) is 65.9 Å². The molecule has 12 heteroatoms. The highest BCUT2D eigenvalue weighted by Gasteiger charge is 2.69. The molecule has 182 valence electrons. The maximum absolute atomic E-state index is 13.2. The first kappa shape index (κ1) is 24.8. The van der Waals surface area contributed by atoms with Gasteiger partial charge in [0, 0.05) is 19.0 Å². The van der Waals surface area contributed by atoms with E-state index in [1.807, 2.05) is 19.9 Å². The second kappa shape index (κ2) is 8.83. The van der Waals surface area contributed by atoms with Crippen molar-refractivity contribution in [1.82, 2.24) is 20.9 Å². The van der Waals surface area contributed by atoms with Gasteiger partial charge in [-0.15, -0.1) is 0 Å². The van der Waals surface area contributed by atoms with Crippen LogP contribution in [0.25, 0.3) is 0 Å². The Morgan fingerprint density at radius 3 is 2.55 bits per heavy atom. The van der Waals surface area contributed by atoms with Gasteiger partial charge in [0.25, 0.3) is 0 Å². The third-order valence-electron chi connectivity index (χ3n) is 7.13. The monoisotopic (exact) mass is 471 g/mol. The fraction of sp³-hybridized carbons (Fsp3) is 0.762. The van der Waals surface area contributed by atoms with Crippen molar-refractivity contribution < 1.29 is 32.3 Å². The van der Waals surface area contributed by atoms with Crippen molar-refractivity contribution in [1.29, 1.82) is 5.26 Å². The van der Waals surface area contributed by atoms with Crippen LogP contribution >= 0.6 is 0 Å². The highest BCUT2D eigenvalue weighted by molar-refractivity contribution is 5.94. The number of alkyl halides is 3. The lowest BCUT2D eigenvalue weighted by Gasteiger charge is -2.33. The molecule has 4 amide bonds. The summed E-state index contributed by atoms with van der Waals surface area (Å²) < 4.78 is 37.7. The molecule has 0 radical (unpaired) electrons. The standard InChI is InChI=1S/C21H28F3N5O4/c1-10(27-19(33)21(22,23)24)18(32)29-9-13-14(20(13,2)3)15(29)17(31)28-12(8-25)7-11-5-4-6-26-16(11)30/h10-15H,4-7,9H2,1-3H3,(H,26,30)(H,27,33)(H,28,31)/t10-,11-,12-,13-,14-,15-/m0/s1. The summed E-state index contributed by atoms with van der Waals surface area (Å²) >= 11 is 0. The van der Waals surface area contributed by atoms with Crippen LogP contribution in [0.2, 0.25) is 0 Å². The molecule has 1 saturated carbocycles. The van der Waals surface area contributed by atoms with Gasteiger partial charge in [-0.3, -0.25) is 19.2 Å². The molecule has 2 saturated heterocycles. The minimum atomic E-state index is -5.13. The van der Waals surface area contributed by atoms with Gasteiger partial charge in [-0.2, -0.15) is 18.4 Å². The first-order valence-electron chi connectivity index (χ1n) is 10.9. The van der Waals surface area contributed by atoms with Crippen LogP contribution in [-0.2, 0) is 19.2 Å². The van der Waals surface area contributed by atoms with Gasteiger partial charge in [-0.05, 0) is 43.4 Å². The molecule has 0 spiro atoms. The van der Waals surface area contributed by atoms with Gasteiger partial charge >= 0.3 is 12.1 Å². The molecule has 0 unspecified atom stereocenters. The number of halogens is 3. The number of likely N-dealkylation sites (tertiary alicyclic amines) is 1. The third-order valence-corrected chi connectivity index (χ3v) is 7.13. The number of nitriles is 1. The van der Waals surface area contributed by atoms with Crippen molar-refractivity contribution in [3.05, 3.63) is 0 Å². The number of piperidine rings is 2. The summed E-state index contributed by atoms with van der Waals surface area (Å²) in [5.74, 6) is -4.44. The number of nitrogens with one attached hydrogen (secondary N) is 3. The molecule has 3 rings (SSSR count). The molecule has 0 bridgehead atoms. The summed E-state index contributed by atoms with van der Waals surface area (Å²) in [6.45, 7) is 5.75. The third kappa shape index (κ3) is 4.91. The molecule has 3 N–H and O–H groups in total. The van der Waals surface area contributed by atoms with E-state index in [0.29, 0.717) is 13.0 Å². The van der Waals surface area contributed by atoms with E-state index in [-0.39, 0.29) is 36.1 Å². The van der Waals surface area contributed by atoms with Crippen LogP contribution in [0.4, 0.5) is 13.2 Å². The van der Waals surface area contributed by atoms with Crippen LogP contribution < -0.4 is 16.0 Å². The highest BCUT2D eigenvalue weighted by atomic mass is 19.4. The zero-order chi connectivity index (χ0) is 24.7. The number of rotatable bonds is 6. The average molecular weight is 471 g/mol. The molecule has 33 heavy (non-hydrogen) atoms. The van der Waals surface area contributed by atoms with Crippen LogP contribution in [0.1, 0.15) is 40.0 Å². The SMILES string of the molecule is C[C@H](NC(=O)C(F)(F)F)C(=O)N1C[C@H]2[C@@H]([C@H]1C(=O)N[C@H](C#N)C[C@@H]1CCCNC1=O)C2(C)C. The van der Waals surface area contributed by atoms with Crippen molar-refractivity contribution in [3.63, 3.8) is 0 Å². The second-order valence-corrected chi connectivity index (χ2v) is 9.64. The Kier molecular flexibility index (Phi) is 6.64. The van der Waals surface area contributed by atoms with Crippen LogP contribution in [0.3, 0.4) is 0 Å². The van der Waals surface area contributed by atoms with Crippen molar-refractivity contribution in [2.75, 3.05) is 13.1 Å². The molecular weight excluding hydrogens is 443 g/mol. The minimum absolute atomic E-state index is 0.0209. The number of hydrogen-bond donors (Lipinski definition) is 3. The Hall–Kier alpha value is -2.84. The van der Waals surface area contributed by atoms with E-state index in [4.69, 9.17) is 0 Å². The molecule has 6 atom stereocenters. The maximum Gasteiger partial charge on any atom is 0.471 e. The largest absolute Gasteiger partial charge is 0.471 e. The van der Waals surface area contributed by atoms with Crippen LogP contribution in [0, 0.1) is 34.5 Å². The van der Waals surface area contributed by atoms with Crippen molar-refractivity contribution in [2.24, 2.45) is 23.2 Å². The smallest absolute Gasteiger partial charge is 0.356 e. The minimum Gasteiger partial charge on any atom is -0.356 e. The quantitative estimate of drug-likeness (QED) is 0.518. The maximum atomic E-state index is 13.2. The number of amides is 4. The Bertz CT molecular complexity index is 884. The number of carbonyl (C=O) groups is 4. The molecular formula is C21H28F3N5O4. The average Bonchev–Trinajstić information content (AvgIpc) is 3.08. The molecule has 1 aliphatic carbocycles. The van der Waals surface area contributed by atoms with Gasteiger partial charge in [0.15, 0.2) is 0 Å². The van der Waals surface area contributed by atoms with E-state index in [2.05, 4.69) is 10.6 Å². The fourth-order valence-corrected chi connectivity index (χ4v) is 5.15. The summed E-state index contributed by atoms with van der Waals surface area (Å²) in [6, 6.07) is -1.42. The molecule has 0 aromatic rings. The van der Waals surface area contributed by atoms with E-state index in [1.54, 1.807) is 5.32 Å².